The minimum absolute atomic E-state index is 0.423. The van der Waals surface area contributed by atoms with E-state index in [0.29, 0.717) is 18.5 Å². The number of hydrogen-bond acceptors (Lipinski definition) is 6. The van der Waals surface area contributed by atoms with Gasteiger partial charge in [-0.1, -0.05) is 24.3 Å². The SMILES string of the molecule is CSc1ccc(C(O)CCCCN2CCN(c3ccccc3)CC2)cc1N=NC=O. The Morgan fingerprint density at radius 1 is 1.10 bits per heavy atom. The number of hydrogen-bond donors (Lipinski definition) is 1. The highest BCUT2D eigenvalue weighted by Crippen LogP contribution is 2.32. The number of carbonyl (C=O) groups excluding carboxylic acids is 1. The van der Waals surface area contributed by atoms with E-state index in [4.69, 9.17) is 0 Å². The summed E-state index contributed by atoms with van der Waals surface area (Å²) in [6.07, 6.45) is 4.60. The smallest absolute Gasteiger partial charge is 0.252 e. The monoisotopic (exact) mass is 426 g/mol. The minimum atomic E-state index is -0.527. The Kier molecular flexibility index (Phi) is 8.86. The van der Waals surface area contributed by atoms with Crippen molar-refractivity contribution in [1.82, 2.24) is 4.90 Å². The number of amides is 1. The number of carbonyl (C=O) groups is 1. The van der Waals surface area contributed by atoms with E-state index in [9.17, 15) is 9.90 Å². The highest BCUT2D eigenvalue weighted by Gasteiger charge is 2.17. The zero-order valence-corrected chi connectivity index (χ0v) is 18.3. The first-order chi connectivity index (χ1) is 14.7. The van der Waals surface area contributed by atoms with Gasteiger partial charge in [-0.15, -0.1) is 22.0 Å². The molecule has 6 nitrogen and oxygen atoms in total. The predicted octanol–water partition coefficient (Wildman–Crippen LogP) is 4.67. The molecule has 0 aliphatic carbocycles. The summed E-state index contributed by atoms with van der Waals surface area (Å²) in [6, 6.07) is 16.3. The molecule has 160 valence electrons. The molecular weight excluding hydrogens is 396 g/mol. The lowest BCUT2D eigenvalue weighted by Gasteiger charge is -2.36. The summed E-state index contributed by atoms with van der Waals surface area (Å²) < 4.78 is 0. The molecular formula is C23H30N4O2S. The van der Waals surface area contributed by atoms with Gasteiger partial charge in [-0.05, 0) is 61.9 Å². The van der Waals surface area contributed by atoms with Crippen LogP contribution in [-0.4, -0.2) is 55.4 Å². The minimum Gasteiger partial charge on any atom is -0.388 e. The lowest BCUT2D eigenvalue weighted by molar-refractivity contribution is -0.107. The first-order valence-corrected chi connectivity index (χ1v) is 11.7. The second kappa shape index (κ2) is 11.8. The van der Waals surface area contributed by atoms with Gasteiger partial charge in [-0.25, -0.2) is 0 Å². The molecule has 1 aliphatic rings. The van der Waals surface area contributed by atoms with E-state index < -0.39 is 6.10 Å². The van der Waals surface area contributed by atoms with Crippen LogP contribution in [-0.2, 0) is 4.79 Å². The lowest BCUT2D eigenvalue weighted by Crippen LogP contribution is -2.46. The van der Waals surface area contributed by atoms with Crippen LogP contribution >= 0.6 is 11.8 Å². The van der Waals surface area contributed by atoms with Crippen LogP contribution in [0.5, 0.6) is 0 Å². The fourth-order valence-corrected chi connectivity index (χ4v) is 4.30. The zero-order chi connectivity index (χ0) is 21.2. The third-order valence-corrected chi connectivity index (χ3v) is 6.28. The molecule has 2 aromatic rings. The van der Waals surface area contributed by atoms with Crippen molar-refractivity contribution in [3.8, 4) is 0 Å². The maximum Gasteiger partial charge on any atom is 0.252 e. The molecule has 1 saturated heterocycles. The summed E-state index contributed by atoms with van der Waals surface area (Å²) in [6.45, 7) is 5.36. The number of unbranched alkanes of at least 4 members (excludes halogenated alkanes) is 1. The van der Waals surface area contributed by atoms with Crippen molar-refractivity contribution in [2.75, 3.05) is 43.9 Å². The zero-order valence-electron chi connectivity index (χ0n) is 17.5. The fourth-order valence-electron chi connectivity index (χ4n) is 3.79. The third kappa shape index (κ3) is 6.39. The van der Waals surface area contributed by atoms with Crippen LogP contribution in [0.15, 0.2) is 63.7 Å². The summed E-state index contributed by atoms with van der Waals surface area (Å²) in [5.41, 5.74) is 2.76. The second-order valence-corrected chi connectivity index (χ2v) is 8.28. The number of benzene rings is 2. The molecule has 0 radical (unpaired) electrons. The third-order valence-electron chi connectivity index (χ3n) is 5.50. The van der Waals surface area contributed by atoms with Gasteiger partial charge in [0.05, 0.1) is 11.8 Å². The van der Waals surface area contributed by atoms with Crippen LogP contribution in [0.2, 0.25) is 0 Å². The predicted molar refractivity (Wildman–Crippen MR) is 123 cm³/mol. The Labute approximate surface area is 183 Å². The van der Waals surface area contributed by atoms with E-state index in [0.717, 1.165) is 56.0 Å². The van der Waals surface area contributed by atoms with Gasteiger partial charge in [0.2, 0.25) is 0 Å². The Morgan fingerprint density at radius 2 is 1.87 bits per heavy atom. The average molecular weight is 427 g/mol. The van der Waals surface area contributed by atoms with E-state index >= 15 is 0 Å². The second-order valence-electron chi connectivity index (χ2n) is 7.43. The van der Waals surface area contributed by atoms with E-state index in [2.05, 4.69) is 50.4 Å². The number of para-hydroxylation sites is 1. The van der Waals surface area contributed by atoms with Crippen molar-refractivity contribution in [2.24, 2.45) is 10.2 Å². The molecule has 1 atom stereocenters. The van der Waals surface area contributed by atoms with Crippen LogP contribution in [0.4, 0.5) is 11.4 Å². The summed E-state index contributed by atoms with van der Waals surface area (Å²) >= 11 is 1.54. The number of anilines is 1. The number of azo groups is 1. The van der Waals surface area contributed by atoms with Crippen LogP contribution in [0.1, 0.15) is 30.9 Å². The highest BCUT2D eigenvalue weighted by molar-refractivity contribution is 7.98. The van der Waals surface area contributed by atoms with Crippen molar-refractivity contribution < 1.29 is 9.90 Å². The molecule has 1 aliphatic heterocycles. The van der Waals surface area contributed by atoms with Crippen molar-refractivity contribution in [3.63, 3.8) is 0 Å². The molecule has 0 aromatic heterocycles. The average Bonchev–Trinajstić information content (AvgIpc) is 2.81. The van der Waals surface area contributed by atoms with Crippen LogP contribution in [0.3, 0.4) is 0 Å². The first kappa shape index (κ1) is 22.5. The van der Waals surface area contributed by atoms with Gasteiger partial charge in [0.15, 0.2) is 0 Å². The molecule has 1 unspecified atom stereocenters. The molecule has 1 fully saturated rings. The van der Waals surface area contributed by atoms with Gasteiger partial charge < -0.3 is 10.0 Å². The molecule has 1 amide bonds. The first-order valence-electron chi connectivity index (χ1n) is 10.4. The number of nitrogens with zero attached hydrogens (tertiary/aromatic N) is 4. The Hall–Kier alpha value is -2.22. The Balaban J connectivity index is 1.40. The van der Waals surface area contributed by atoms with Gasteiger partial charge in [-0.3, -0.25) is 9.69 Å². The normalized spacial score (nSPS) is 16.1. The molecule has 2 aromatic carbocycles. The molecule has 30 heavy (non-hydrogen) atoms. The van der Waals surface area contributed by atoms with E-state index in [1.54, 1.807) is 11.8 Å². The standard InChI is InChI=1S/C23H30N4O2S/c1-30-23-11-10-19(17-21(23)25-24-18-28)22(29)9-5-6-12-26-13-15-27(16-14-26)20-7-3-2-4-8-20/h2-4,7-8,10-11,17-18,22,29H,5-6,9,12-16H2,1H3. The molecule has 0 spiro atoms. The molecule has 0 bridgehead atoms. The topological polar surface area (TPSA) is 68.5 Å². The van der Waals surface area contributed by atoms with Gasteiger partial charge >= 0.3 is 0 Å². The number of piperazine rings is 1. The van der Waals surface area contributed by atoms with Crippen molar-refractivity contribution in [2.45, 2.75) is 30.3 Å². The molecule has 7 heteroatoms. The van der Waals surface area contributed by atoms with E-state index in [-0.39, 0.29) is 0 Å². The molecule has 1 heterocycles. The largest absolute Gasteiger partial charge is 0.388 e. The molecule has 3 rings (SSSR count). The maximum atomic E-state index is 10.6. The van der Waals surface area contributed by atoms with Crippen LogP contribution in [0, 0.1) is 0 Å². The van der Waals surface area contributed by atoms with Gasteiger partial charge in [0.25, 0.3) is 6.41 Å². The Morgan fingerprint density at radius 3 is 2.57 bits per heavy atom. The van der Waals surface area contributed by atoms with Crippen LogP contribution < -0.4 is 4.90 Å². The van der Waals surface area contributed by atoms with Crippen molar-refractivity contribution >= 4 is 29.5 Å². The quantitative estimate of drug-likeness (QED) is 0.259. The van der Waals surface area contributed by atoms with Crippen molar-refractivity contribution in [1.29, 1.82) is 0 Å². The summed E-state index contributed by atoms with van der Waals surface area (Å²) in [5.74, 6) is 0. The molecule has 0 saturated carbocycles. The lowest BCUT2D eigenvalue weighted by atomic mass is 10.0. The number of aliphatic hydroxyl groups excluding tert-OH is 1. The number of rotatable bonds is 10. The molecule has 1 N–H and O–H groups in total. The maximum absolute atomic E-state index is 10.6. The number of thioether (sulfide) groups is 1. The van der Waals surface area contributed by atoms with Crippen molar-refractivity contribution in [3.05, 3.63) is 54.1 Å². The van der Waals surface area contributed by atoms with Gasteiger partial charge in [-0.2, -0.15) is 0 Å². The fraction of sp³-hybridized carbons (Fsp3) is 0.435. The Bertz CT molecular complexity index is 823. The van der Waals surface area contributed by atoms with E-state index in [1.165, 1.54) is 5.69 Å². The highest BCUT2D eigenvalue weighted by atomic mass is 32.2. The number of aliphatic hydroxyl groups is 1. The van der Waals surface area contributed by atoms with Gasteiger partial charge in [0.1, 0.15) is 0 Å². The van der Waals surface area contributed by atoms with Crippen LogP contribution in [0.25, 0.3) is 0 Å². The summed E-state index contributed by atoms with van der Waals surface area (Å²) in [5, 5.41) is 17.9. The summed E-state index contributed by atoms with van der Waals surface area (Å²) in [7, 11) is 0. The summed E-state index contributed by atoms with van der Waals surface area (Å²) in [4.78, 5) is 16.4. The van der Waals surface area contributed by atoms with E-state index in [1.807, 2.05) is 24.5 Å². The van der Waals surface area contributed by atoms with Gasteiger partial charge in [0, 0.05) is 36.8 Å².